The molecule has 0 saturated carbocycles. The molecule has 0 spiro atoms. The van der Waals surface area contributed by atoms with E-state index >= 15 is 0 Å². The van der Waals surface area contributed by atoms with Gasteiger partial charge in [0, 0.05) is 13.3 Å². The lowest BCUT2D eigenvalue weighted by atomic mass is 10.0. The SMILES string of the molecule is CC(=O)N[C@@H]1C(O)O[C@H](CO)C[C@@H]1O. The van der Waals surface area contributed by atoms with Crippen LogP contribution in [-0.2, 0) is 9.53 Å². The van der Waals surface area contributed by atoms with E-state index in [9.17, 15) is 15.0 Å². The van der Waals surface area contributed by atoms with E-state index in [0.717, 1.165) is 0 Å². The first kappa shape index (κ1) is 11.4. The third-order valence-corrected chi connectivity index (χ3v) is 2.13. The number of amides is 1. The smallest absolute Gasteiger partial charge is 0.217 e. The molecule has 1 fully saturated rings. The fraction of sp³-hybridized carbons (Fsp3) is 0.875. The first-order chi connectivity index (χ1) is 6.54. The summed E-state index contributed by atoms with van der Waals surface area (Å²) < 4.78 is 4.95. The Morgan fingerprint density at radius 3 is 2.64 bits per heavy atom. The molecule has 0 aromatic carbocycles. The zero-order chi connectivity index (χ0) is 10.7. The van der Waals surface area contributed by atoms with Gasteiger partial charge < -0.3 is 25.4 Å². The standard InChI is InChI=1S/C8H15NO5/c1-4(11)9-7-6(12)2-5(3-10)14-8(7)13/h5-8,10,12-13H,2-3H2,1H3,(H,9,11)/t5-,6-,7-,8?/m0/s1. The molecular formula is C8H15NO5. The highest BCUT2D eigenvalue weighted by molar-refractivity contribution is 5.73. The van der Waals surface area contributed by atoms with E-state index in [0.29, 0.717) is 0 Å². The predicted octanol–water partition coefficient (Wildman–Crippen LogP) is -2.05. The summed E-state index contributed by atoms with van der Waals surface area (Å²) >= 11 is 0. The summed E-state index contributed by atoms with van der Waals surface area (Å²) in [6.07, 6.45) is -2.57. The lowest BCUT2D eigenvalue weighted by Crippen LogP contribution is -2.57. The molecule has 0 aliphatic carbocycles. The summed E-state index contributed by atoms with van der Waals surface area (Å²) in [7, 11) is 0. The molecule has 1 amide bonds. The summed E-state index contributed by atoms with van der Waals surface area (Å²) in [5, 5.41) is 30.0. The molecule has 6 nitrogen and oxygen atoms in total. The van der Waals surface area contributed by atoms with Gasteiger partial charge in [-0.3, -0.25) is 4.79 Å². The second kappa shape index (κ2) is 4.70. The molecule has 1 saturated heterocycles. The molecule has 4 atom stereocenters. The molecule has 1 unspecified atom stereocenters. The summed E-state index contributed by atoms with van der Waals surface area (Å²) in [6.45, 7) is 1.03. The Morgan fingerprint density at radius 2 is 2.21 bits per heavy atom. The van der Waals surface area contributed by atoms with Crippen LogP contribution in [-0.4, -0.2) is 52.4 Å². The third-order valence-electron chi connectivity index (χ3n) is 2.13. The fourth-order valence-corrected chi connectivity index (χ4v) is 1.46. The Morgan fingerprint density at radius 1 is 1.57 bits per heavy atom. The maximum atomic E-state index is 10.7. The van der Waals surface area contributed by atoms with Crippen LogP contribution in [0, 0.1) is 0 Å². The van der Waals surface area contributed by atoms with Crippen molar-refractivity contribution in [3.05, 3.63) is 0 Å². The van der Waals surface area contributed by atoms with E-state index in [1.807, 2.05) is 0 Å². The van der Waals surface area contributed by atoms with E-state index in [4.69, 9.17) is 9.84 Å². The highest BCUT2D eigenvalue weighted by Crippen LogP contribution is 2.18. The van der Waals surface area contributed by atoms with Crippen LogP contribution in [0.3, 0.4) is 0 Å². The Kier molecular flexibility index (Phi) is 3.82. The quantitative estimate of drug-likeness (QED) is 0.416. The topological polar surface area (TPSA) is 99.0 Å². The average Bonchev–Trinajstić information content (AvgIpc) is 2.10. The van der Waals surface area contributed by atoms with Crippen molar-refractivity contribution in [1.82, 2.24) is 5.32 Å². The predicted molar refractivity (Wildman–Crippen MR) is 46.2 cm³/mol. The molecule has 1 heterocycles. The first-order valence-electron chi connectivity index (χ1n) is 4.44. The van der Waals surface area contributed by atoms with Crippen LogP contribution in [0.25, 0.3) is 0 Å². The fourth-order valence-electron chi connectivity index (χ4n) is 1.46. The molecule has 6 heteroatoms. The van der Waals surface area contributed by atoms with Gasteiger partial charge in [0.15, 0.2) is 6.29 Å². The molecule has 0 aromatic heterocycles. The molecular weight excluding hydrogens is 190 g/mol. The number of carbonyl (C=O) groups excluding carboxylic acids is 1. The van der Waals surface area contributed by atoms with Crippen LogP contribution in [0.4, 0.5) is 0 Å². The Balaban J connectivity index is 2.55. The van der Waals surface area contributed by atoms with E-state index in [1.165, 1.54) is 6.92 Å². The molecule has 0 bridgehead atoms. The van der Waals surface area contributed by atoms with Gasteiger partial charge in [-0.05, 0) is 0 Å². The number of hydrogen-bond donors (Lipinski definition) is 4. The van der Waals surface area contributed by atoms with Crippen LogP contribution in [0.15, 0.2) is 0 Å². The number of nitrogens with one attached hydrogen (secondary N) is 1. The van der Waals surface area contributed by atoms with Crippen molar-refractivity contribution < 1.29 is 24.9 Å². The molecule has 1 aliphatic rings. The van der Waals surface area contributed by atoms with Crippen molar-refractivity contribution in [1.29, 1.82) is 0 Å². The lowest BCUT2D eigenvalue weighted by Gasteiger charge is -2.36. The Labute approximate surface area is 81.5 Å². The third kappa shape index (κ3) is 2.65. The van der Waals surface area contributed by atoms with Gasteiger partial charge in [0.05, 0.1) is 18.8 Å². The number of aliphatic hydroxyl groups excluding tert-OH is 3. The summed E-state index contributed by atoms with van der Waals surface area (Å²) in [6, 6.07) is -0.824. The van der Waals surface area contributed by atoms with Gasteiger partial charge in [-0.2, -0.15) is 0 Å². The summed E-state index contributed by atoms with van der Waals surface area (Å²) in [5.41, 5.74) is 0. The number of aliphatic hydroxyl groups is 3. The van der Waals surface area contributed by atoms with Crippen LogP contribution in [0.5, 0.6) is 0 Å². The maximum absolute atomic E-state index is 10.7. The molecule has 0 aromatic rings. The summed E-state index contributed by atoms with van der Waals surface area (Å²) in [4.78, 5) is 10.7. The second-order valence-electron chi connectivity index (χ2n) is 3.36. The Hall–Kier alpha value is -0.690. The first-order valence-corrected chi connectivity index (χ1v) is 4.44. The zero-order valence-corrected chi connectivity index (χ0v) is 7.88. The second-order valence-corrected chi connectivity index (χ2v) is 3.36. The lowest BCUT2D eigenvalue weighted by molar-refractivity contribution is -0.214. The van der Waals surface area contributed by atoms with Gasteiger partial charge in [-0.15, -0.1) is 0 Å². The summed E-state index contributed by atoms with van der Waals surface area (Å²) in [5.74, 6) is -0.348. The van der Waals surface area contributed by atoms with Gasteiger partial charge >= 0.3 is 0 Å². The van der Waals surface area contributed by atoms with Crippen molar-refractivity contribution in [2.45, 2.75) is 37.9 Å². The minimum atomic E-state index is -1.28. The van der Waals surface area contributed by atoms with Gasteiger partial charge in [-0.1, -0.05) is 0 Å². The van der Waals surface area contributed by atoms with Crippen molar-refractivity contribution in [2.75, 3.05) is 6.61 Å². The molecule has 1 aliphatic heterocycles. The Bertz CT molecular complexity index is 198. The van der Waals surface area contributed by atoms with E-state index < -0.39 is 24.5 Å². The van der Waals surface area contributed by atoms with Gasteiger partial charge in [0.25, 0.3) is 0 Å². The zero-order valence-electron chi connectivity index (χ0n) is 7.88. The van der Waals surface area contributed by atoms with E-state index in [-0.39, 0.29) is 18.9 Å². The van der Waals surface area contributed by atoms with E-state index in [1.54, 1.807) is 0 Å². The normalized spacial score (nSPS) is 38.0. The number of rotatable bonds is 2. The minimum Gasteiger partial charge on any atom is -0.394 e. The number of ether oxygens (including phenoxy) is 1. The van der Waals surface area contributed by atoms with Crippen molar-refractivity contribution in [3.8, 4) is 0 Å². The van der Waals surface area contributed by atoms with Gasteiger partial charge in [0.2, 0.25) is 5.91 Å². The van der Waals surface area contributed by atoms with Crippen molar-refractivity contribution >= 4 is 5.91 Å². The monoisotopic (exact) mass is 205 g/mol. The van der Waals surface area contributed by atoms with Crippen LogP contribution < -0.4 is 5.32 Å². The maximum Gasteiger partial charge on any atom is 0.217 e. The number of hydrogen-bond acceptors (Lipinski definition) is 5. The van der Waals surface area contributed by atoms with Gasteiger partial charge in [-0.25, -0.2) is 0 Å². The van der Waals surface area contributed by atoms with E-state index in [2.05, 4.69) is 5.32 Å². The molecule has 82 valence electrons. The van der Waals surface area contributed by atoms with Gasteiger partial charge in [0.1, 0.15) is 6.04 Å². The molecule has 0 radical (unpaired) electrons. The average molecular weight is 205 g/mol. The molecule has 1 rings (SSSR count). The van der Waals surface area contributed by atoms with Crippen molar-refractivity contribution in [3.63, 3.8) is 0 Å². The molecule has 4 N–H and O–H groups in total. The minimum absolute atomic E-state index is 0.193. The largest absolute Gasteiger partial charge is 0.394 e. The van der Waals surface area contributed by atoms with Crippen LogP contribution in [0.1, 0.15) is 13.3 Å². The highest BCUT2D eigenvalue weighted by atomic mass is 16.6. The van der Waals surface area contributed by atoms with Crippen LogP contribution >= 0.6 is 0 Å². The number of carbonyl (C=O) groups is 1. The molecule has 14 heavy (non-hydrogen) atoms. The van der Waals surface area contributed by atoms with Crippen LogP contribution in [0.2, 0.25) is 0 Å². The highest BCUT2D eigenvalue weighted by Gasteiger charge is 2.36. The van der Waals surface area contributed by atoms with Crippen molar-refractivity contribution in [2.24, 2.45) is 0 Å².